The Morgan fingerprint density at radius 1 is 1.16 bits per heavy atom. The highest BCUT2D eigenvalue weighted by Gasteiger charge is 2.67. The molecule has 1 aliphatic carbocycles. The largest absolute Gasteiger partial charge is 0.496 e. The summed E-state index contributed by atoms with van der Waals surface area (Å²) in [4.78, 5) is 42.9. The van der Waals surface area contributed by atoms with Crippen LogP contribution in [0.2, 0.25) is 0 Å². The number of rotatable bonds is 7. The number of halogens is 3. The van der Waals surface area contributed by atoms with Crippen molar-refractivity contribution >= 4 is 34.8 Å². The molecular formula is C26H25F3N4O5. The summed E-state index contributed by atoms with van der Waals surface area (Å²) >= 11 is 0. The van der Waals surface area contributed by atoms with E-state index in [0.29, 0.717) is 11.0 Å². The summed E-state index contributed by atoms with van der Waals surface area (Å²) in [6.07, 6.45) is -1.03. The lowest BCUT2D eigenvalue weighted by atomic mass is 10.0. The molecule has 2 amide bonds. The van der Waals surface area contributed by atoms with Crippen molar-refractivity contribution in [2.45, 2.75) is 50.4 Å². The molecule has 1 aromatic heterocycles. The molecular weight excluding hydrogens is 505 g/mol. The lowest BCUT2D eigenvalue weighted by Crippen LogP contribution is -2.63. The Kier molecular flexibility index (Phi) is 6.49. The van der Waals surface area contributed by atoms with E-state index in [4.69, 9.17) is 9.47 Å². The fourth-order valence-electron chi connectivity index (χ4n) is 5.19. The molecule has 2 aromatic carbocycles. The molecule has 200 valence electrons. The summed E-state index contributed by atoms with van der Waals surface area (Å²) in [7, 11) is 1.29. The number of hydrogen-bond donors (Lipinski definition) is 2. The van der Waals surface area contributed by atoms with Gasteiger partial charge in [0, 0.05) is 6.42 Å². The number of imidazole rings is 1. The van der Waals surface area contributed by atoms with Crippen molar-refractivity contribution in [2.75, 3.05) is 12.4 Å². The zero-order valence-electron chi connectivity index (χ0n) is 20.4. The Morgan fingerprint density at radius 3 is 2.53 bits per heavy atom. The molecule has 1 aliphatic heterocycles. The second kappa shape index (κ2) is 9.66. The number of amides is 2. The molecule has 1 atom stereocenters. The van der Waals surface area contributed by atoms with E-state index in [-0.39, 0.29) is 40.4 Å². The second-order valence-electron chi connectivity index (χ2n) is 9.38. The maximum atomic E-state index is 14.7. The fourth-order valence-corrected chi connectivity index (χ4v) is 5.19. The van der Waals surface area contributed by atoms with Crippen molar-refractivity contribution in [1.29, 1.82) is 0 Å². The molecule has 2 aliphatic rings. The highest BCUT2D eigenvalue weighted by molar-refractivity contribution is 6.10. The number of esters is 1. The van der Waals surface area contributed by atoms with Gasteiger partial charge in [0.25, 0.3) is 11.6 Å². The van der Waals surface area contributed by atoms with Gasteiger partial charge in [0.2, 0.25) is 11.9 Å². The quantitative estimate of drug-likeness (QED) is 0.343. The van der Waals surface area contributed by atoms with E-state index in [9.17, 15) is 27.6 Å². The van der Waals surface area contributed by atoms with Crippen LogP contribution in [0.25, 0.3) is 11.0 Å². The Bertz CT molecular complexity index is 1400. The molecule has 0 saturated heterocycles. The van der Waals surface area contributed by atoms with E-state index in [0.717, 1.165) is 25.7 Å². The highest BCUT2D eigenvalue weighted by Crippen LogP contribution is 2.45. The van der Waals surface area contributed by atoms with Crippen LogP contribution in [0, 0.1) is 5.92 Å². The first-order chi connectivity index (χ1) is 18.2. The van der Waals surface area contributed by atoms with Crippen LogP contribution < -0.4 is 20.1 Å². The van der Waals surface area contributed by atoms with Gasteiger partial charge < -0.3 is 14.8 Å². The summed E-state index contributed by atoms with van der Waals surface area (Å²) in [5.74, 6) is -3.30. The molecule has 2 N–H and O–H groups in total. The monoisotopic (exact) mass is 530 g/mol. The predicted octanol–water partition coefficient (Wildman–Crippen LogP) is 4.52. The minimum absolute atomic E-state index is 0.0136. The number of carbonyl (C=O) groups is 3. The molecule has 2 heterocycles. The number of benzene rings is 2. The minimum Gasteiger partial charge on any atom is -0.496 e. The number of para-hydroxylation sites is 1. The van der Waals surface area contributed by atoms with Gasteiger partial charge in [-0.1, -0.05) is 43.9 Å². The number of hydrogen-bond acceptors (Lipinski definition) is 6. The number of anilines is 1. The van der Waals surface area contributed by atoms with Crippen molar-refractivity contribution in [3.05, 3.63) is 48.0 Å². The van der Waals surface area contributed by atoms with Crippen molar-refractivity contribution in [2.24, 2.45) is 5.92 Å². The highest BCUT2D eigenvalue weighted by atomic mass is 19.4. The van der Waals surface area contributed by atoms with E-state index in [1.54, 1.807) is 18.2 Å². The van der Waals surface area contributed by atoms with Gasteiger partial charge in [0.1, 0.15) is 22.6 Å². The zero-order valence-corrected chi connectivity index (χ0v) is 20.4. The maximum absolute atomic E-state index is 14.7. The lowest BCUT2D eigenvalue weighted by Gasteiger charge is -2.32. The van der Waals surface area contributed by atoms with E-state index in [1.165, 1.54) is 31.4 Å². The molecule has 12 heteroatoms. The summed E-state index contributed by atoms with van der Waals surface area (Å²) in [6, 6.07) is 10.6. The van der Waals surface area contributed by atoms with Crippen LogP contribution in [0.5, 0.6) is 11.5 Å². The van der Waals surface area contributed by atoms with Gasteiger partial charge in [-0.25, -0.2) is 9.78 Å². The first-order valence-electron chi connectivity index (χ1n) is 12.2. The minimum atomic E-state index is -5.23. The SMILES string of the molecule is COc1ccc2c(nc3n2C(NC(=O)CCC2CCCC2)(C(F)(F)F)C(=O)N3)c1C(=O)Oc1ccccc1. The number of ether oxygens (including phenoxy) is 2. The van der Waals surface area contributed by atoms with Crippen molar-refractivity contribution in [1.82, 2.24) is 14.9 Å². The zero-order chi connectivity index (χ0) is 27.1. The van der Waals surface area contributed by atoms with Crippen molar-refractivity contribution in [3.8, 4) is 11.5 Å². The molecule has 0 spiro atoms. The van der Waals surface area contributed by atoms with E-state index >= 15 is 0 Å². The van der Waals surface area contributed by atoms with Gasteiger partial charge in [0.15, 0.2) is 0 Å². The Labute approximate surface area is 215 Å². The van der Waals surface area contributed by atoms with Crippen LogP contribution >= 0.6 is 0 Å². The normalized spacial score (nSPS) is 19.3. The third-order valence-electron chi connectivity index (χ3n) is 7.04. The molecule has 1 fully saturated rings. The number of alkyl halides is 3. The Hall–Kier alpha value is -4.09. The van der Waals surface area contributed by atoms with Crippen LogP contribution in [-0.2, 0) is 15.3 Å². The van der Waals surface area contributed by atoms with Gasteiger partial charge in [0.05, 0.1) is 12.6 Å². The van der Waals surface area contributed by atoms with Crippen LogP contribution in [0.4, 0.5) is 19.1 Å². The van der Waals surface area contributed by atoms with Crippen LogP contribution in [0.15, 0.2) is 42.5 Å². The second-order valence-corrected chi connectivity index (χ2v) is 9.38. The van der Waals surface area contributed by atoms with Crippen LogP contribution in [0.1, 0.15) is 48.9 Å². The fraction of sp³-hybridized carbons (Fsp3) is 0.385. The van der Waals surface area contributed by atoms with Gasteiger partial charge >= 0.3 is 12.1 Å². The molecule has 3 aromatic rings. The first-order valence-corrected chi connectivity index (χ1v) is 12.2. The number of nitrogens with one attached hydrogen (secondary N) is 2. The summed E-state index contributed by atoms with van der Waals surface area (Å²) < 4.78 is 55.4. The van der Waals surface area contributed by atoms with Crippen LogP contribution in [-0.4, -0.2) is 40.6 Å². The van der Waals surface area contributed by atoms with Gasteiger partial charge in [-0.3, -0.25) is 19.5 Å². The van der Waals surface area contributed by atoms with E-state index in [1.807, 2.05) is 5.32 Å². The van der Waals surface area contributed by atoms with E-state index in [2.05, 4.69) is 10.3 Å². The topological polar surface area (TPSA) is 112 Å². The third kappa shape index (κ3) is 4.23. The van der Waals surface area contributed by atoms with Crippen LogP contribution in [0.3, 0.4) is 0 Å². The Balaban J connectivity index is 1.57. The molecule has 0 radical (unpaired) electrons. The molecule has 1 saturated carbocycles. The maximum Gasteiger partial charge on any atom is 0.440 e. The van der Waals surface area contributed by atoms with Crippen molar-refractivity contribution in [3.63, 3.8) is 0 Å². The summed E-state index contributed by atoms with van der Waals surface area (Å²) in [5, 5.41) is 4.08. The summed E-state index contributed by atoms with van der Waals surface area (Å²) in [6.45, 7) is 0. The predicted molar refractivity (Wildman–Crippen MR) is 130 cm³/mol. The summed E-state index contributed by atoms with van der Waals surface area (Å²) in [5.41, 5.74) is -4.07. The molecule has 0 bridgehead atoms. The van der Waals surface area contributed by atoms with E-state index < -0.39 is 35.6 Å². The molecule has 9 nitrogen and oxygen atoms in total. The smallest absolute Gasteiger partial charge is 0.440 e. The third-order valence-corrected chi connectivity index (χ3v) is 7.04. The van der Waals surface area contributed by atoms with Gasteiger partial charge in [-0.05, 0) is 36.6 Å². The number of fused-ring (bicyclic) bond motifs is 3. The Morgan fingerprint density at radius 2 is 1.87 bits per heavy atom. The average molecular weight is 531 g/mol. The number of aromatic nitrogens is 2. The first kappa shape index (κ1) is 25.6. The molecule has 38 heavy (non-hydrogen) atoms. The van der Waals surface area contributed by atoms with Gasteiger partial charge in [-0.2, -0.15) is 13.2 Å². The number of methoxy groups -OCH3 is 1. The average Bonchev–Trinajstić information content (AvgIpc) is 3.58. The number of carbonyl (C=O) groups excluding carboxylic acids is 3. The lowest BCUT2D eigenvalue weighted by molar-refractivity contribution is -0.217. The molecule has 1 unspecified atom stereocenters. The standard InChI is InChI=1S/C26H25F3N4O5/c1-37-18-13-12-17-21(20(18)22(35)38-16-9-3-2-4-10-16)30-24-31-23(36)25(33(17)24,26(27,28)29)32-19(34)14-11-15-7-5-6-8-15/h2-4,9-10,12-13,15H,5-8,11,14H2,1H3,(H,32,34)(H,30,31,36). The molecule has 5 rings (SSSR count). The number of nitrogens with zero attached hydrogens (tertiary/aromatic N) is 2. The van der Waals surface area contributed by atoms with Crippen molar-refractivity contribution < 1.29 is 37.0 Å². The van der Waals surface area contributed by atoms with Gasteiger partial charge in [-0.15, -0.1) is 0 Å².